The van der Waals surface area contributed by atoms with Crippen LogP contribution in [0.4, 0.5) is 5.69 Å². The molecule has 1 aliphatic rings. The van der Waals surface area contributed by atoms with E-state index in [0.29, 0.717) is 16.9 Å². The third kappa shape index (κ3) is 2.59. The van der Waals surface area contributed by atoms with E-state index in [0.717, 1.165) is 5.52 Å². The number of amides is 1. The third-order valence-electron chi connectivity index (χ3n) is 4.08. The smallest absolute Gasteiger partial charge is 0.308 e. The molecule has 1 atom stereocenters. The highest BCUT2D eigenvalue weighted by molar-refractivity contribution is 5.95. The number of azo groups is 1. The maximum Gasteiger partial charge on any atom is 0.308 e. The highest BCUT2D eigenvalue weighted by atomic mass is 16.6. The summed E-state index contributed by atoms with van der Waals surface area (Å²) in [6.07, 6.45) is -0.865. The summed E-state index contributed by atoms with van der Waals surface area (Å²) in [6.45, 7) is 0.0659. The molecule has 4 rings (SSSR count). The van der Waals surface area contributed by atoms with Gasteiger partial charge in [0.2, 0.25) is 12.0 Å². The van der Waals surface area contributed by atoms with E-state index < -0.39 is 12.0 Å². The molecule has 1 unspecified atom stereocenters. The van der Waals surface area contributed by atoms with Gasteiger partial charge in [-0.15, -0.1) is 10.2 Å². The quantitative estimate of drug-likeness (QED) is 0.727. The van der Waals surface area contributed by atoms with E-state index >= 15 is 0 Å². The Hall–Kier alpha value is -3.35. The third-order valence-corrected chi connectivity index (χ3v) is 4.08. The molecule has 7 nitrogen and oxygen atoms in total. The molecule has 7 heteroatoms. The van der Waals surface area contributed by atoms with Gasteiger partial charge in [-0.25, -0.2) is 0 Å². The molecule has 0 saturated carbocycles. The highest BCUT2D eigenvalue weighted by Gasteiger charge is 2.27. The number of hydrogen-bond acceptors (Lipinski definition) is 5. The topological polar surface area (TPSA) is 85.4 Å². The molecule has 1 aromatic heterocycles. The van der Waals surface area contributed by atoms with Gasteiger partial charge in [-0.3, -0.25) is 4.79 Å². The molecule has 2 heterocycles. The van der Waals surface area contributed by atoms with Gasteiger partial charge in [0.1, 0.15) is 6.61 Å². The van der Waals surface area contributed by atoms with Gasteiger partial charge in [-0.2, -0.15) is 0 Å². The second-order valence-electron chi connectivity index (χ2n) is 5.65. The van der Waals surface area contributed by atoms with Crippen molar-refractivity contribution in [3.05, 3.63) is 48.5 Å². The Kier molecular flexibility index (Phi) is 3.61. The first kappa shape index (κ1) is 15.2. The zero-order valence-corrected chi connectivity index (χ0v) is 13.4. The number of carbonyl (C=O) groups excluding carboxylic acids is 1. The van der Waals surface area contributed by atoms with Crippen LogP contribution in [-0.2, 0) is 11.8 Å². The van der Waals surface area contributed by atoms with Crippen molar-refractivity contribution in [2.45, 2.75) is 6.10 Å². The predicted octanol–water partition coefficient (Wildman–Crippen LogP) is 3.33. The van der Waals surface area contributed by atoms with Crippen molar-refractivity contribution in [1.29, 1.82) is 0 Å². The fraction of sp³-hybridized carbons (Fsp3) is 0.167. The second kappa shape index (κ2) is 5.94. The van der Waals surface area contributed by atoms with E-state index in [1.807, 2.05) is 30.3 Å². The number of benzene rings is 2. The van der Waals surface area contributed by atoms with Gasteiger partial charge in [0, 0.05) is 12.4 Å². The highest BCUT2D eigenvalue weighted by Crippen LogP contribution is 2.38. The lowest BCUT2D eigenvalue weighted by Gasteiger charge is -2.23. The number of ether oxygens (including phenoxy) is 2. The van der Waals surface area contributed by atoms with Crippen LogP contribution in [0.3, 0.4) is 0 Å². The maximum absolute atomic E-state index is 12.3. The van der Waals surface area contributed by atoms with Crippen molar-refractivity contribution in [1.82, 2.24) is 4.57 Å². The van der Waals surface area contributed by atoms with Gasteiger partial charge >= 0.3 is 5.91 Å². The number of hydrogen-bond donors (Lipinski definition) is 1. The lowest BCUT2D eigenvalue weighted by atomic mass is 10.2. The largest absolute Gasteiger partial charge is 0.493 e. The first-order chi connectivity index (χ1) is 12.1. The number of fused-ring (bicyclic) bond motifs is 2. The van der Waals surface area contributed by atoms with Gasteiger partial charge in [-0.05, 0) is 18.2 Å². The normalized spacial score (nSPS) is 16.4. The molecule has 25 heavy (non-hydrogen) atoms. The number of para-hydroxylation sites is 3. The summed E-state index contributed by atoms with van der Waals surface area (Å²) in [5, 5.41) is 18.6. The maximum atomic E-state index is 12.3. The fourth-order valence-electron chi connectivity index (χ4n) is 2.76. The van der Waals surface area contributed by atoms with Gasteiger partial charge < -0.3 is 19.1 Å². The van der Waals surface area contributed by atoms with Crippen molar-refractivity contribution < 1.29 is 19.4 Å². The van der Waals surface area contributed by atoms with E-state index in [2.05, 4.69) is 10.2 Å². The summed E-state index contributed by atoms with van der Waals surface area (Å²) >= 11 is 0. The van der Waals surface area contributed by atoms with Crippen molar-refractivity contribution in [2.75, 3.05) is 6.61 Å². The molecule has 2 aromatic carbocycles. The molecule has 0 aliphatic carbocycles. The van der Waals surface area contributed by atoms with Gasteiger partial charge in [0.15, 0.2) is 17.2 Å². The lowest BCUT2D eigenvalue weighted by Crippen LogP contribution is -2.35. The van der Waals surface area contributed by atoms with Crippen LogP contribution in [0, 0.1) is 0 Å². The van der Waals surface area contributed by atoms with Gasteiger partial charge in [0.05, 0.1) is 5.52 Å². The van der Waals surface area contributed by atoms with Crippen LogP contribution in [0.2, 0.25) is 0 Å². The van der Waals surface area contributed by atoms with Crippen molar-refractivity contribution in [2.24, 2.45) is 17.3 Å². The van der Waals surface area contributed by atoms with Crippen LogP contribution in [0.5, 0.6) is 17.4 Å². The molecular formula is C18H15N3O4. The van der Waals surface area contributed by atoms with Gasteiger partial charge in [-0.1, -0.05) is 30.3 Å². The lowest BCUT2D eigenvalue weighted by molar-refractivity contribution is -0.127. The van der Waals surface area contributed by atoms with E-state index in [9.17, 15) is 9.90 Å². The minimum Gasteiger partial charge on any atom is -0.493 e. The van der Waals surface area contributed by atoms with Crippen molar-refractivity contribution in [3.8, 4) is 17.4 Å². The Morgan fingerprint density at radius 1 is 1.16 bits per heavy atom. The Labute approximate surface area is 143 Å². The monoisotopic (exact) mass is 337 g/mol. The van der Waals surface area contributed by atoms with E-state index in [1.165, 1.54) is 0 Å². The molecule has 1 N–H and O–H groups in total. The number of carbonyl (C=O) groups is 1. The average Bonchev–Trinajstić information content (AvgIpc) is 2.90. The molecule has 0 bridgehead atoms. The standard InChI is InChI=1S/C18H15N3O4/c1-21-12-7-3-2-6-11(12)16(18(21)23)19-20-17(22)15-10-24-13-8-4-5-9-14(13)25-15/h2-9,15,23H,10H2,1H3. The summed E-state index contributed by atoms with van der Waals surface area (Å²) < 4.78 is 12.7. The van der Waals surface area contributed by atoms with Crippen LogP contribution < -0.4 is 9.47 Å². The Balaban J connectivity index is 1.59. The van der Waals surface area contributed by atoms with Crippen molar-refractivity contribution >= 4 is 22.5 Å². The zero-order valence-electron chi connectivity index (χ0n) is 13.4. The fourth-order valence-corrected chi connectivity index (χ4v) is 2.76. The zero-order chi connectivity index (χ0) is 17.4. The molecule has 126 valence electrons. The molecule has 0 fully saturated rings. The first-order valence-electron chi connectivity index (χ1n) is 7.75. The van der Waals surface area contributed by atoms with E-state index in [1.54, 1.807) is 29.8 Å². The Morgan fingerprint density at radius 3 is 2.72 bits per heavy atom. The van der Waals surface area contributed by atoms with Crippen LogP contribution in [0.15, 0.2) is 58.8 Å². The van der Waals surface area contributed by atoms with Crippen LogP contribution >= 0.6 is 0 Å². The number of nitrogens with zero attached hydrogens (tertiary/aromatic N) is 3. The summed E-state index contributed by atoms with van der Waals surface area (Å²) in [4.78, 5) is 12.3. The van der Waals surface area contributed by atoms with Gasteiger partial charge in [0.25, 0.3) is 0 Å². The molecule has 0 radical (unpaired) electrons. The summed E-state index contributed by atoms with van der Waals surface area (Å²) in [5.41, 5.74) is 1.05. The average molecular weight is 337 g/mol. The Bertz CT molecular complexity index is 993. The minimum atomic E-state index is -0.865. The number of aromatic nitrogens is 1. The summed E-state index contributed by atoms with van der Waals surface area (Å²) in [6, 6.07) is 14.5. The second-order valence-corrected chi connectivity index (χ2v) is 5.65. The van der Waals surface area contributed by atoms with Crippen LogP contribution in [0.25, 0.3) is 10.9 Å². The minimum absolute atomic E-state index is 0.0519. The van der Waals surface area contributed by atoms with Crippen LogP contribution in [0.1, 0.15) is 0 Å². The molecule has 0 spiro atoms. The number of rotatable bonds is 2. The number of aryl methyl sites for hydroxylation is 1. The van der Waals surface area contributed by atoms with Crippen LogP contribution in [-0.4, -0.2) is 28.3 Å². The van der Waals surface area contributed by atoms with E-state index in [4.69, 9.17) is 9.47 Å². The molecule has 0 saturated heterocycles. The molecule has 1 aliphatic heterocycles. The Morgan fingerprint density at radius 2 is 1.88 bits per heavy atom. The number of aromatic hydroxyl groups is 1. The molecule has 1 amide bonds. The van der Waals surface area contributed by atoms with E-state index in [-0.39, 0.29) is 18.2 Å². The molecular weight excluding hydrogens is 322 g/mol. The predicted molar refractivity (Wildman–Crippen MR) is 90.5 cm³/mol. The molecule has 3 aromatic rings. The first-order valence-corrected chi connectivity index (χ1v) is 7.75. The van der Waals surface area contributed by atoms with Crippen molar-refractivity contribution in [3.63, 3.8) is 0 Å². The SMILES string of the molecule is Cn1c(O)c(N=NC(=O)C2COc3ccccc3O2)c2ccccc21. The summed E-state index contributed by atoms with van der Waals surface area (Å²) in [5.74, 6) is 0.469. The summed E-state index contributed by atoms with van der Waals surface area (Å²) in [7, 11) is 1.72.